The largest absolute Gasteiger partial charge is 0.309 e. The van der Waals surface area contributed by atoms with Crippen LogP contribution in [0.3, 0.4) is 0 Å². The van der Waals surface area contributed by atoms with Crippen molar-refractivity contribution in [1.29, 1.82) is 0 Å². The lowest BCUT2D eigenvalue weighted by Gasteiger charge is -2.17. The molecule has 3 aromatic heterocycles. The Morgan fingerprint density at radius 2 is 1.33 bits per heavy atom. The molecule has 0 radical (unpaired) electrons. The van der Waals surface area contributed by atoms with Gasteiger partial charge in [0.1, 0.15) is 0 Å². The molecule has 3 heterocycles. The number of hydrogen-bond donors (Lipinski definition) is 0. The average molecular weight is 586 g/mol. The lowest BCUT2D eigenvalue weighted by molar-refractivity contribution is 1.18. The maximum atomic E-state index is 4.98. The van der Waals surface area contributed by atoms with Gasteiger partial charge in [0.25, 0.3) is 0 Å². The zero-order chi connectivity index (χ0) is 30.2. The molecular weight excluding hydrogens is 558 g/mol. The van der Waals surface area contributed by atoms with Crippen molar-refractivity contribution < 1.29 is 0 Å². The van der Waals surface area contributed by atoms with E-state index in [0.717, 1.165) is 45.0 Å². The summed E-state index contributed by atoms with van der Waals surface area (Å²) in [7, 11) is 0. The fourth-order valence-corrected chi connectivity index (χ4v) is 7.57. The Morgan fingerprint density at radius 1 is 0.522 bits per heavy atom. The normalized spacial score (nSPS) is 12.6. The molecule has 0 amide bonds. The van der Waals surface area contributed by atoms with E-state index in [-0.39, 0.29) is 0 Å². The van der Waals surface area contributed by atoms with E-state index in [1.54, 1.807) is 0 Å². The van der Waals surface area contributed by atoms with Crippen molar-refractivity contribution in [3.05, 3.63) is 157 Å². The summed E-state index contributed by atoms with van der Waals surface area (Å²) in [6.45, 7) is 0. The van der Waals surface area contributed by atoms with Gasteiger partial charge >= 0.3 is 0 Å². The molecule has 6 aromatic carbocycles. The van der Waals surface area contributed by atoms with Gasteiger partial charge in [-0.05, 0) is 87.5 Å². The molecule has 9 aromatic rings. The minimum atomic E-state index is 0.929. The lowest BCUT2D eigenvalue weighted by atomic mass is 9.90. The van der Waals surface area contributed by atoms with Gasteiger partial charge in [0.05, 0.1) is 22.1 Å². The highest BCUT2D eigenvalue weighted by molar-refractivity contribution is 6.18. The maximum Gasteiger partial charge on any atom is 0.0964 e. The van der Waals surface area contributed by atoms with Crippen LogP contribution in [0, 0.1) is 0 Å². The van der Waals surface area contributed by atoms with E-state index in [4.69, 9.17) is 4.98 Å². The Balaban J connectivity index is 1.28. The third-order valence-electron chi connectivity index (χ3n) is 9.59. The van der Waals surface area contributed by atoms with Gasteiger partial charge in [-0.3, -0.25) is 9.97 Å². The third kappa shape index (κ3) is 3.72. The van der Waals surface area contributed by atoms with Gasteiger partial charge in [0.15, 0.2) is 0 Å². The van der Waals surface area contributed by atoms with Crippen LogP contribution in [0.15, 0.2) is 146 Å². The molecule has 0 bridgehead atoms. The molecule has 10 rings (SSSR count). The number of aromatic nitrogens is 3. The van der Waals surface area contributed by atoms with Crippen LogP contribution < -0.4 is 0 Å². The van der Waals surface area contributed by atoms with E-state index in [1.165, 1.54) is 54.8 Å². The zero-order valence-corrected chi connectivity index (χ0v) is 25.0. The van der Waals surface area contributed by atoms with Gasteiger partial charge in [-0.2, -0.15) is 0 Å². The molecule has 46 heavy (non-hydrogen) atoms. The van der Waals surface area contributed by atoms with E-state index in [0.29, 0.717) is 0 Å². The number of allylic oxidation sites excluding steroid dienone is 1. The highest BCUT2D eigenvalue weighted by atomic mass is 15.0. The smallest absolute Gasteiger partial charge is 0.0964 e. The molecule has 1 aliphatic rings. The van der Waals surface area contributed by atoms with Crippen LogP contribution in [-0.2, 0) is 6.42 Å². The number of para-hydroxylation sites is 1. The van der Waals surface area contributed by atoms with E-state index in [2.05, 4.69) is 143 Å². The molecule has 3 nitrogen and oxygen atoms in total. The van der Waals surface area contributed by atoms with Crippen molar-refractivity contribution in [3.63, 3.8) is 0 Å². The topological polar surface area (TPSA) is 30.7 Å². The second-order valence-corrected chi connectivity index (χ2v) is 12.2. The molecule has 0 aliphatic heterocycles. The van der Waals surface area contributed by atoms with Crippen LogP contribution in [-0.4, -0.2) is 14.5 Å². The molecule has 0 spiro atoms. The maximum absolute atomic E-state index is 4.98. The fourth-order valence-electron chi connectivity index (χ4n) is 7.57. The second-order valence-electron chi connectivity index (χ2n) is 12.2. The molecule has 0 unspecified atom stereocenters. The second kappa shape index (κ2) is 9.72. The van der Waals surface area contributed by atoms with Gasteiger partial charge < -0.3 is 4.57 Å². The fraction of sp³-hybridized carbons (Fsp3) is 0.0233. The first-order valence-corrected chi connectivity index (χ1v) is 15.8. The summed E-state index contributed by atoms with van der Waals surface area (Å²) in [6.07, 6.45) is 9.35. The van der Waals surface area contributed by atoms with Crippen LogP contribution in [0.4, 0.5) is 0 Å². The van der Waals surface area contributed by atoms with Crippen LogP contribution in [0.25, 0.3) is 88.4 Å². The predicted octanol–water partition coefficient (Wildman–Crippen LogP) is 10.9. The van der Waals surface area contributed by atoms with E-state index in [1.807, 2.05) is 18.5 Å². The van der Waals surface area contributed by atoms with E-state index < -0.39 is 0 Å². The molecule has 0 N–H and O–H groups in total. The van der Waals surface area contributed by atoms with Crippen LogP contribution in [0.1, 0.15) is 11.1 Å². The minimum absolute atomic E-state index is 0.929. The summed E-state index contributed by atoms with van der Waals surface area (Å²) in [5.74, 6) is 0. The van der Waals surface area contributed by atoms with Gasteiger partial charge in [0, 0.05) is 45.2 Å². The summed E-state index contributed by atoms with van der Waals surface area (Å²) in [4.78, 5) is 9.62. The summed E-state index contributed by atoms with van der Waals surface area (Å²) in [6, 6.07) is 46.2. The van der Waals surface area contributed by atoms with Gasteiger partial charge in [-0.15, -0.1) is 0 Å². The summed E-state index contributed by atoms with van der Waals surface area (Å²) < 4.78 is 2.47. The molecule has 0 saturated heterocycles. The van der Waals surface area contributed by atoms with E-state index >= 15 is 0 Å². The number of fused-ring (bicyclic) bond motifs is 7. The average Bonchev–Trinajstić information content (AvgIpc) is 3.46. The summed E-state index contributed by atoms with van der Waals surface area (Å²) in [5.41, 5.74) is 12.7. The summed E-state index contributed by atoms with van der Waals surface area (Å²) in [5, 5.41) is 7.48. The standard InChI is InChI=1S/C43H27N3/c1-2-9-27(10-3-1)32-22-33(34-21-31-19-18-29-14-8-20-44-42(29)43(31)45-26-34)24-35(23-32)46-38-17-5-4-15-36(38)41-37-16-7-12-28-11-6-13-30(40(28)37)25-39(41)46/h1-15,17-26H,16H2. The van der Waals surface area contributed by atoms with Crippen molar-refractivity contribution in [1.82, 2.24) is 14.5 Å². The molecule has 0 fully saturated rings. The molecule has 3 heteroatoms. The highest BCUT2D eigenvalue weighted by Crippen LogP contribution is 2.42. The molecule has 0 saturated carbocycles. The van der Waals surface area contributed by atoms with Gasteiger partial charge in [-0.1, -0.05) is 97.1 Å². The van der Waals surface area contributed by atoms with Crippen molar-refractivity contribution in [2.75, 3.05) is 0 Å². The van der Waals surface area contributed by atoms with Crippen molar-refractivity contribution in [2.24, 2.45) is 0 Å². The van der Waals surface area contributed by atoms with Crippen molar-refractivity contribution >= 4 is 60.5 Å². The van der Waals surface area contributed by atoms with Crippen molar-refractivity contribution in [3.8, 4) is 27.9 Å². The van der Waals surface area contributed by atoms with Gasteiger partial charge in [-0.25, -0.2) is 0 Å². The first kappa shape index (κ1) is 25.3. The van der Waals surface area contributed by atoms with E-state index in [9.17, 15) is 0 Å². The lowest BCUT2D eigenvalue weighted by Crippen LogP contribution is -1.98. The summed E-state index contributed by atoms with van der Waals surface area (Å²) >= 11 is 0. The first-order valence-electron chi connectivity index (χ1n) is 15.8. The number of rotatable bonds is 3. The molecule has 1 aliphatic carbocycles. The molecule has 214 valence electrons. The molecular formula is C43H27N3. The van der Waals surface area contributed by atoms with Crippen LogP contribution >= 0.6 is 0 Å². The Morgan fingerprint density at radius 3 is 2.26 bits per heavy atom. The number of nitrogens with zero attached hydrogens (tertiary/aromatic N) is 3. The Kier molecular flexibility index (Phi) is 5.34. The third-order valence-corrected chi connectivity index (χ3v) is 9.59. The number of benzene rings is 6. The van der Waals surface area contributed by atoms with Crippen LogP contribution in [0.2, 0.25) is 0 Å². The zero-order valence-electron chi connectivity index (χ0n) is 25.0. The highest BCUT2D eigenvalue weighted by Gasteiger charge is 2.21. The minimum Gasteiger partial charge on any atom is -0.309 e. The Bertz CT molecular complexity index is 2720. The van der Waals surface area contributed by atoms with Crippen molar-refractivity contribution in [2.45, 2.75) is 6.42 Å². The van der Waals surface area contributed by atoms with Crippen LogP contribution in [0.5, 0.6) is 0 Å². The Labute approximate surface area is 265 Å². The quantitative estimate of drug-likeness (QED) is 0.193. The molecule has 0 atom stereocenters. The monoisotopic (exact) mass is 585 g/mol. The first-order chi connectivity index (χ1) is 22.8. The number of hydrogen-bond acceptors (Lipinski definition) is 2. The predicted molar refractivity (Wildman–Crippen MR) is 192 cm³/mol. The SMILES string of the molecule is C1=Cc2cccc3cc4c(c(c23)C1)c1ccccc1n4-c1cc(-c2ccccc2)cc(-c2cnc3c(ccc4cccnc43)c2)c1. The Hall–Kier alpha value is -6.06. The number of pyridine rings is 2. The van der Waals surface area contributed by atoms with Gasteiger partial charge in [0.2, 0.25) is 0 Å².